The average Bonchev–Trinajstić information content (AvgIpc) is 2.82. The number of aryl methyl sites for hydroxylation is 1. The Hall–Kier alpha value is -0.610. The summed E-state index contributed by atoms with van der Waals surface area (Å²) in [5, 5.41) is 4.62. The Morgan fingerprint density at radius 2 is 2.28 bits per heavy atom. The molecule has 4 heteroatoms. The summed E-state index contributed by atoms with van der Waals surface area (Å²) in [6.07, 6.45) is 7.55. The van der Waals surface area contributed by atoms with Gasteiger partial charge in [-0.2, -0.15) is 0 Å². The van der Waals surface area contributed by atoms with Crippen molar-refractivity contribution in [2.75, 3.05) is 25.5 Å². The van der Waals surface area contributed by atoms with Gasteiger partial charge < -0.3 is 10.2 Å². The van der Waals surface area contributed by atoms with Gasteiger partial charge in [-0.3, -0.25) is 0 Å². The van der Waals surface area contributed by atoms with Crippen molar-refractivity contribution in [3.63, 3.8) is 0 Å². The molecule has 18 heavy (non-hydrogen) atoms. The fourth-order valence-electron chi connectivity index (χ4n) is 2.54. The highest BCUT2D eigenvalue weighted by molar-refractivity contribution is 7.15. The maximum absolute atomic E-state index is 4.83. The predicted molar refractivity (Wildman–Crippen MR) is 79.6 cm³/mol. The number of thiazole rings is 1. The zero-order valence-electron chi connectivity index (χ0n) is 11.8. The van der Waals surface area contributed by atoms with Crippen molar-refractivity contribution < 1.29 is 0 Å². The Balaban J connectivity index is 2.04. The number of unbranched alkanes of at least 4 members (excludes halogenated alkanes) is 2. The fraction of sp³-hybridized carbons (Fsp3) is 0.786. The summed E-state index contributed by atoms with van der Waals surface area (Å²) in [6, 6.07) is 0.532. The normalized spacial score (nSPS) is 18.7. The van der Waals surface area contributed by atoms with E-state index in [2.05, 4.69) is 31.2 Å². The van der Waals surface area contributed by atoms with Gasteiger partial charge in [0.2, 0.25) is 0 Å². The Morgan fingerprint density at radius 1 is 1.44 bits per heavy atom. The number of nitrogens with zero attached hydrogens (tertiary/aromatic N) is 2. The molecule has 1 aliphatic carbocycles. The highest BCUT2D eigenvalue weighted by Crippen LogP contribution is 2.37. The average molecular weight is 267 g/mol. The first-order valence-electron chi connectivity index (χ1n) is 7.14. The molecule has 1 aromatic heterocycles. The van der Waals surface area contributed by atoms with Crippen molar-refractivity contribution in [3.8, 4) is 0 Å². The van der Waals surface area contributed by atoms with E-state index in [4.69, 9.17) is 4.98 Å². The third-order valence-electron chi connectivity index (χ3n) is 3.71. The molecule has 0 amide bonds. The van der Waals surface area contributed by atoms with Crippen molar-refractivity contribution in [2.45, 2.75) is 51.5 Å². The van der Waals surface area contributed by atoms with Crippen LogP contribution in [0.5, 0.6) is 0 Å². The van der Waals surface area contributed by atoms with E-state index in [1.54, 1.807) is 0 Å². The van der Waals surface area contributed by atoms with E-state index in [1.165, 1.54) is 47.8 Å². The highest BCUT2D eigenvalue weighted by Gasteiger charge is 2.24. The highest BCUT2D eigenvalue weighted by atomic mass is 32.1. The maximum atomic E-state index is 4.83. The van der Waals surface area contributed by atoms with E-state index >= 15 is 0 Å². The number of nitrogens with one attached hydrogen (secondary N) is 1. The Labute approximate surface area is 115 Å². The van der Waals surface area contributed by atoms with Crippen LogP contribution in [0.2, 0.25) is 0 Å². The van der Waals surface area contributed by atoms with Crippen molar-refractivity contribution in [3.05, 3.63) is 10.6 Å². The molecule has 0 aliphatic heterocycles. The quantitative estimate of drug-likeness (QED) is 0.801. The molecule has 3 nitrogen and oxygen atoms in total. The number of rotatable bonds is 6. The minimum atomic E-state index is 0.532. The van der Waals surface area contributed by atoms with Gasteiger partial charge in [0, 0.05) is 24.5 Å². The predicted octanol–water partition coefficient (Wildman–Crippen LogP) is 3.37. The van der Waals surface area contributed by atoms with Crippen molar-refractivity contribution in [1.82, 2.24) is 10.3 Å². The van der Waals surface area contributed by atoms with Crippen LogP contribution >= 0.6 is 11.3 Å². The second-order valence-corrected chi connectivity index (χ2v) is 6.18. The van der Waals surface area contributed by atoms with Gasteiger partial charge in [0.05, 0.1) is 5.69 Å². The lowest BCUT2D eigenvalue weighted by Gasteiger charge is -2.19. The molecule has 0 aromatic carbocycles. The van der Waals surface area contributed by atoms with E-state index in [0.29, 0.717) is 6.04 Å². The molecule has 1 unspecified atom stereocenters. The number of anilines is 1. The Morgan fingerprint density at radius 3 is 3.00 bits per heavy atom. The number of aromatic nitrogens is 1. The van der Waals surface area contributed by atoms with E-state index in [-0.39, 0.29) is 0 Å². The van der Waals surface area contributed by atoms with Crippen LogP contribution in [0.25, 0.3) is 0 Å². The Bertz CT molecular complexity index is 375. The van der Waals surface area contributed by atoms with Gasteiger partial charge in [-0.05, 0) is 32.7 Å². The second-order valence-electron chi connectivity index (χ2n) is 5.17. The largest absolute Gasteiger partial charge is 0.351 e. The maximum Gasteiger partial charge on any atom is 0.185 e. The molecule has 0 saturated heterocycles. The lowest BCUT2D eigenvalue weighted by molar-refractivity contribution is 0.501. The molecule has 1 aliphatic rings. The molecular weight excluding hydrogens is 242 g/mol. The lowest BCUT2D eigenvalue weighted by Crippen LogP contribution is -2.20. The molecular formula is C14H25N3S. The van der Waals surface area contributed by atoms with Gasteiger partial charge in [-0.15, -0.1) is 0 Å². The van der Waals surface area contributed by atoms with Crippen LogP contribution in [-0.2, 0) is 6.42 Å². The van der Waals surface area contributed by atoms with Crippen LogP contribution in [0.1, 0.15) is 55.6 Å². The Kier molecular flexibility index (Phi) is 5.01. The zero-order chi connectivity index (χ0) is 13.0. The molecule has 1 N–H and O–H groups in total. The van der Waals surface area contributed by atoms with E-state index < -0.39 is 0 Å². The summed E-state index contributed by atoms with van der Waals surface area (Å²) in [6.45, 7) is 3.38. The topological polar surface area (TPSA) is 28.2 Å². The number of fused-ring (bicyclic) bond motifs is 1. The molecule has 0 bridgehead atoms. The van der Waals surface area contributed by atoms with E-state index in [1.807, 2.05) is 11.3 Å². The van der Waals surface area contributed by atoms with Crippen molar-refractivity contribution >= 4 is 16.5 Å². The third kappa shape index (κ3) is 3.04. The summed E-state index contributed by atoms with van der Waals surface area (Å²) in [7, 11) is 4.23. The van der Waals surface area contributed by atoms with E-state index in [9.17, 15) is 0 Å². The monoisotopic (exact) mass is 267 g/mol. The first-order chi connectivity index (χ1) is 8.76. The van der Waals surface area contributed by atoms with Gasteiger partial charge in [0.15, 0.2) is 5.13 Å². The van der Waals surface area contributed by atoms with Crippen molar-refractivity contribution in [1.29, 1.82) is 0 Å². The molecule has 1 heterocycles. The minimum absolute atomic E-state index is 0.532. The van der Waals surface area contributed by atoms with Crippen molar-refractivity contribution in [2.24, 2.45) is 0 Å². The van der Waals surface area contributed by atoms with Crippen LogP contribution < -0.4 is 10.2 Å². The van der Waals surface area contributed by atoms with Gasteiger partial charge in [0.25, 0.3) is 0 Å². The van der Waals surface area contributed by atoms with Gasteiger partial charge in [-0.25, -0.2) is 4.98 Å². The summed E-state index contributed by atoms with van der Waals surface area (Å²) in [5.74, 6) is 0. The summed E-state index contributed by atoms with van der Waals surface area (Å²) < 4.78 is 0. The first-order valence-corrected chi connectivity index (χ1v) is 7.96. The summed E-state index contributed by atoms with van der Waals surface area (Å²) in [5.41, 5.74) is 1.34. The third-order valence-corrected chi connectivity index (χ3v) is 5.04. The van der Waals surface area contributed by atoms with Crippen LogP contribution in [-0.4, -0.2) is 25.6 Å². The molecule has 1 atom stereocenters. The molecule has 1 aromatic rings. The number of hydrogen-bond acceptors (Lipinski definition) is 4. The molecule has 0 saturated carbocycles. The molecule has 0 spiro atoms. The SMILES string of the molecule is CCCCCN(C)c1nc2c(s1)C(NC)CCC2. The first kappa shape index (κ1) is 13.8. The minimum Gasteiger partial charge on any atom is -0.351 e. The zero-order valence-corrected chi connectivity index (χ0v) is 12.6. The van der Waals surface area contributed by atoms with Crippen LogP contribution in [0.3, 0.4) is 0 Å². The molecule has 2 rings (SSSR count). The van der Waals surface area contributed by atoms with E-state index in [0.717, 1.165) is 13.0 Å². The standard InChI is InChI=1S/C14H25N3S/c1-4-5-6-10-17(3)14-16-12-9-7-8-11(15-2)13(12)18-14/h11,15H,4-10H2,1-3H3. The molecule has 102 valence electrons. The van der Waals surface area contributed by atoms with Crippen LogP contribution in [0.4, 0.5) is 5.13 Å². The second kappa shape index (κ2) is 6.53. The summed E-state index contributed by atoms with van der Waals surface area (Å²) in [4.78, 5) is 8.63. The van der Waals surface area contributed by atoms with Gasteiger partial charge >= 0.3 is 0 Å². The van der Waals surface area contributed by atoms with Crippen LogP contribution in [0.15, 0.2) is 0 Å². The molecule has 0 radical (unpaired) electrons. The fourth-order valence-corrected chi connectivity index (χ4v) is 3.78. The lowest BCUT2D eigenvalue weighted by atomic mass is 9.98. The smallest absolute Gasteiger partial charge is 0.185 e. The number of hydrogen-bond donors (Lipinski definition) is 1. The van der Waals surface area contributed by atoms with Crippen LogP contribution in [0, 0.1) is 0 Å². The molecule has 0 fully saturated rings. The van der Waals surface area contributed by atoms with Gasteiger partial charge in [0.1, 0.15) is 0 Å². The summed E-state index contributed by atoms with van der Waals surface area (Å²) >= 11 is 1.89. The van der Waals surface area contributed by atoms with Gasteiger partial charge in [-0.1, -0.05) is 31.1 Å².